The minimum absolute atomic E-state index is 0.450. The Morgan fingerprint density at radius 3 is 3.00 bits per heavy atom. The van der Waals surface area contributed by atoms with Crippen molar-refractivity contribution in [1.29, 1.82) is 0 Å². The summed E-state index contributed by atoms with van der Waals surface area (Å²) in [6.45, 7) is 0. The van der Waals surface area contributed by atoms with Crippen molar-refractivity contribution >= 4 is 39.5 Å². The topological polar surface area (TPSA) is 17.3 Å². The van der Waals surface area contributed by atoms with Gasteiger partial charge in [-0.05, 0) is 0 Å². The van der Waals surface area contributed by atoms with Gasteiger partial charge in [-0.3, -0.25) is 4.40 Å². The van der Waals surface area contributed by atoms with Crippen LogP contribution in [0.2, 0.25) is 4.34 Å². The zero-order valence-electron chi connectivity index (χ0n) is 5.42. The molecule has 0 saturated carbocycles. The van der Waals surface area contributed by atoms with E-state index >= 15 is 0 Å². The standard InChI is InChI=1S/C6H4Cl2N2S/c7-1-4-2-10-3-5(8)11-6(10)9-4/h2-3H,1H2. The molecule has 0 aliphatic rings. The highest BCUT2D eigenvalue weighted by molar-refractivity contribution is 7.20. The van der Waals surface area contributed by atoms with Gasteiger partial charge in [0.15, 0.2) is 4.96 Å². The van der Waals surface area contributed by atoms with Gasteiger partial charge in [0.05, 0.1) is 11.6 Å². The predicted octanol–water partition coefficient (Wildman–Crippen LogP) is 2.79. The summed E-state index contributed by atoms with van der Waals surface area (Å²) in [5, 5.41) is 0. The zero-order valence-corrected chi connectivity index (χ0v) is 7.75. The van der Waals surface area contributed by atoms with E-state index in [1.165, 1.54) is 11.3 Å². The minimum Gasteiger partial charge on any atom is -0.296 e. The fourth-order valence-electron chi connectivity index (χ4n) is 0.881. The van der Waals surface area contributed by atoms with Crippen molar-refractivity contribution in [2.45, 2.75) is 5.88 Å². The molecular formula is C6H4Cl2N2S. The largest absolute Gasteiger partial charge is 0.296 e. The van der Waals surface area contributed by atoms with E-state index in [-0.39, 0.29) is 0 Å². The molecule has 11 heavy (non-hydrogen) atoms. The summed E-state index contributed by atoms with van der Waals surface area (Å²) in [7, 11) is 0. The first kappa shape index (κ1) is 7.40. The number of nitrogens with zero attached hydrogens (tertiary/aromatic N) is 2. The van der Waals surface area contributed by atoms with Gasteiger partial charge in [0.2, 0.25) is 0 Å². The molecule has 0 N–H and O–H groups in total. The third-order valence-electron chi connectivity index (χ3n) is 1.31. The first-order valence-corrected chi connectivity index (χ1v) is 4.71. The molecule has 0 aliphatic heterocycles. The van der Waals surface area contributed by atoms with E-state index in [0.29, 0.717) is 5.88 Å². The van der Waals surface area contributed by atoms with Crippen LogP contribution in [0.15, 0.2) is 12.4 Å². The molecule has 2 aromatic rings. The molecular weight excluding hydrogens is 203 g/mol. The van der Waals surface area contributed by atoms with Gasteiger partial charge in [0.25, 0.3) is 0 Å². The molecule has 0 aromatic carbocycles. The monoisotopic (exact) mass is 206 g/mol. The first-order valence-electron chi connectivity index (χ1n) is 2.98. The Balaban J connectivity index is 2.64. The molecule has 0 aliphatic carbocycles. The number of rotatable bonds is 1. The van der Waals surface area contributed by atoms with Crippen molar-refractivity contribution in [3.63, 3.8) is 0 Å². The average Bonchev–Trinajstić information content (AvgIpc) is 2.43. The van der Waals surface area contributed by atoms with Gasteiger partial charge in [-0.15, -0.1) is 11.6 Å². The summed E-state index contributed by atoms with van der Waals surface area (Å²) >= 11 is 12.8. The van der Waals surface area contributed by atoms with Gasteiger partial charge in [-0.1, -0.05) is 22.9 Å². The number of imidazole rings is 1. The molecule has 0 bridgehead atoms. The molecule has 2 nitrogen and oxygen atoms in total. The van der Waals surface area contributed by atoms with Crippen molar-refractivity contribution in [3.8, 4) is 0 Å². The van der Waals surface area contributed by atoms with E-state index in [4.69, 9.17) is 23.2 Å². The molecule has 2 aromatic heterocycles. The van der Waals surface area contributed by atoms with E-state index in [1.807, 2.05) is 16.8 Å². The number of thiazole rings is 1. The molecule has 0 radical (unpaired) electrons. The van der Waals surface area contributed by atoms with Crippen LogP contribution in [0.25, 0.3) is 4.96 Å². The first-order chi connectivity index (χ1) is 5.29. The van der Waals surface area contributed by atoms with Crippen LogP contribution in [0, 0.1) is 0 Å². The van der Waals surface area contributed by atoms with Crippen LogP contribution in [0.4, 0.5) is 0 Å². The van der Waals surface area contributed by atoms with Crippen molar-refractivity contribution in [2.24, 2.45) is 0 Å². The highest BCUT2D eigenvalue weighted by Gasteiger charge is 2.02. The highest BCUT2D eigenvalue weighted by atomic mass is 35.5. The van der Waals surface area contributed by atoms with Gasteiger partial charge in [-0.2, -0.15) is 0 Å². The molecule has 0 spiro atoms. The Morgan fingerprint density at radius 2 is 2.36 bits per heavy atom. The number of aromatic nitrogens is 2. The fraction of sp³-hybridized carbons (Fsp3) is 0.167. The van der Waals surface area contributed by atoms with E-state index in [0.717, 1.165) is 15.0 Å². The van der Waals surface area contributed by atoms with E-state index in [2.05, 4.69) is 4.98 Å². The molecule has 58 valence electrons. The van der Waals surface area contributed by atoms with E-state index in [1.54, 1.807) is 0 Å². The highest BCUT2D eigenvalue weighted by Crippen LogP contribution is 2.22. The molecule has 0 amide bonds. The number of hydrogen-bond acceptors (Lipinski definition) is 2. The van der Waals surface area contributed by atoms with Gasteiger partial charge in [-0.25, -0.2) is 4.98 Å². The zero-order chi connectivity index (χ0) is 7.84. The Labute approximate surface area is 77.4 Å². The summed E-state index contributed by atoms with van der Waals surface area (Å²) in [6, 6.07) is 0. The van der Waals surface area contributed by atoms with Crippen molar-refractivity contribution < 1.29 is 0 Å². The van der Waals surface area contributed by atoms with Crippen LogP contribution in [0.3, 0.4) is 0 Å². The van der Waals surface area contributed by atoms with Crippen LogP contribution >= 0.6 is 34.5 Å². The Morgan fingerprint density at radius 1 is 1.55 bits per heavy atom. The maximum absolute atomic E-state index is 5.74. The second kappa shape index (κ2) is 2.66. The maximum Gasteiger partial charge on any atom is 0.195 e. The van der Waals surface area contributed by atoms with Gasteiger partial charge < -0.3 is 0 Å². The lowest BCUT2D eigenvalue weighted by Gasteiger charge is -1.78. The number of fused-ring (bicyclic) bond motifs is 1. The lowest BCUT2D eigenvalue weighted by molar-refractivity contribution is 1.21. The van der Waals surface area contributed by atoms with Crippen molar-refractivity contribution in [3.05, 3.63) is 22.4 Å². The fourth-order valence-corrected chi connectivity index (χ4v) is 2.04. The smallest absolute Gasteiger partial charge is 0.195 e. The van der Waals surface area contributed by atoms with Crippen molar-refractivity contribution in [1.82, 2.24) is 9.38 Å². The molecule has 2 heterocycles. The van der Waals surface area contributed by atoms with Gasteiger partial charge in [0.1, 0.15) is 4.34 Å². The lowest BCUT2D eigenvalue weighted by Crippen LogP contribution is -1.72. The van der Waals surface area contributed by atoms with Crippen LogP contribution < -0.4 is 0 Å². The maximum atomic E-state index is 5.74. The Bertz CT molecular complexity index is 347. The predicted molar refractivity (Wildman–Crippen MR) is 47.6 cm³/mol. The van der Waals surface area contributed by atoms with Crippen LogP contribution in [-0.2, 0) is 5.88 Å². The van der Waals surface area contributed by atoms with E-state index in [9.17, 15) is 0 Å². The molecule has 0 atom stereocenters. The molecule has 0 fully saturated rings. The summed E-state index contributed by atoms with van der Waals surface area (Å²) < 4.78 is 2.62. The van der Waals surface area contributed by atoms with Gasteiger partial charge in [0, 0.05) is 12.4 Å². The lowest BCUT2D eigenvalue weighted by atomic mass is 10.6. The summed E-state index contributed by atoms with van der Waals surface area (Å²) in [5.74, 6) is 0.450. The van der Waals surface area contributed by atoms with Crippen LogP contribution in [0.5, 0.6) is 0 Å². The summed E-state index contributed by atoms with van der Waals surface area (Å²) in [6.07, 6.45) is 3.70. The minimum atomic E-state index is 0.450. The second-order valence-corrected chi connectivity index (χ2v) is 4.00. The SMILES string of the molecule is ClCc1cn2cc(Cl)sc2n1. The van der Waals surface area contributed by atoms with Crippen LogP contribution in [-0.4, -0.2) is 9.38 Å². The van der Waals surface area contributed by atoms with Gasteiger partial charge >= 0.3 is 0 Å². The number of halogens is 2. The molecule has 0 saturated heterocycles. The Hall–Kier alpha value is -0.250. The van der Waals surface area contributed by atoms with Crippen LogP contribution in [0.1, 0.15) is 5.69 Å². The molecule has 5 heteroatoms. The molecule has 0 unspecified atom stereocenters. The normalized spacial score (nSPS) is 11.1. The Kier molecular flexibility index (Phi) is 1.79. The third kappa shape index (κ3) is 1.24. The summed E-state index contributed by atoms with van der Waals surface area (Å²) in [4.78, 5) is 5.11. The molecule has 2 rings (SSSR count). The average molecular weight is 207 g/mol. The summed E-state index contributed by atoms with van der Waals surface area (Å²) in [5.41, 5.74) is 0.884. The number of alkyl halides is 1. The third-order valence-corrected chi connectivity index (χ3v) is 2.70. The second-order valence-electron chi connectivity index (χ2n) is 2.09. The quantitative estimate of drug-likeness (QED) is 0.657. The number of hydrogen-bond donors (Lipinski definition) is 0. The van der Waals surface area contributed by atoms with E-state index < -0.39 is 0 Å². The van der Waals surface area contributed by atoms with Crippen molar-refractivity contribution in [2.75, 3.05) is 0 Å².